The molecule has 0 spiro atoms. The van der Waals surface area contributed by atoms with Crippen molar-refractivity contribution in [2.24, 2.45) is 5.92 Å². The Kier molecular flexibility index (Phi) is 5.66. The van der Waals surface area contributed by atoms with Crippen molar-refractivity contribution in [1.29, 1.82) is 0 Å². The molecule has 1 aromatic rings. The van der Waals surface area contributed by atoms with Crippen molar-refractivity contribution < 1.29 is 22.6 Å². The molecule has 0 amide bonds. The minimum absolute atomic E-state index is 0.208. The van der Waals surface area contributed by atoms with Gasteiger partial charge in [-0.25, -0.2) is 12.7 Å². The fraction of sp³-hybridized carbons (Fsp3) is 0.600. The van der Waals surface area contributed by atoms with Crippen LogP contribution in [0.4, 0.5) is 0 Å². The largest absolute Gasteiger partial charge is 0.493 e. The molecule has 1 saturated heterocycles. The third-order valence-corrected chi connectivity index (χ3v) is 5.74. The van der Waals surface area contributed by atoms with Crippen molar-refractivity contribution in [3.05, 3.63) is 18.2 Å². The normalized spacial score (nSPS) is 16.7. The quantitative estimate of drug-likeness (QED) is 0.795. The van der Waals surface area contributed by atoms with Gasteiger partial charge in [-0.3, -0.25) is 0 Å². The summed E-state index contributed by atoms with van der Waals surface area (Å²) < 4.78 is 42.4. The summed E-state index contributed by atoms with van der Waals surface area (Å²) in [5, 5.41) is 0. The fourth-order valence-corrected chi connectivity index (χ4v) is 3.81. The molecular weight excluding hydrogens is 306 g/mol. The van der Waals surface area contributed by atoms with Gasteiger partial charge in [0.15, 0.2) is 11.5 Å². The molecule has 1 aromatic carbocycles. The summed E-state index contributed by atoms with van der Waals surface area (Å²) in [5.41, 5.74) is 0. The Balaban J connectivity index is 2.17. The summed E-state index contributed by atoms with van der Waals surface area (Å²) in [6.07, 6.45) is 1.79. The number of methoxy groups -OCH3 is 2. The maximum absolute atomic E-state index is 12.7. The highest BCUT2D eigenvalue weighted by Crippen LogP contribution is 2.30. The van der Waals surface area contributed by atoms with E-state index in [1.165, 1.54) is 30.7 Å². The second kappa shape index (κ2) is 7.30. The molecule has 0 radical (unpaired) electrons. The number of hydrogen-bond donors (Lipinski definition) is 0. The topological polar surface area (TPSA) is 65.1 Å². The lowest BCUT2D eigenvalue weighted by Crippen LogP contribution is -2.34. The standard InChI is InChI=1S/C15H23NO5S/c1-16(11-12-6-8-21-9-7-12)22(17,18)13-4-5-14(19-2)15(10-13)20-3/h4-5,10,12H,6-9,11H2,1-3H3. The maximum Gasteiger partial charge on any atom is 0.242 e. The molecule has 0 aliphatic carbocycles. The zero-order valence-corrected chi connectivity index (χ0v) is 14.1. The van der Waals surface area contributed by atoms with Gasteiger partial charge in [-0.2, -0.15) is 0 Å². The number of sulfonamides is 1. The number of ether oxygens (including phenoxy) is 3. The lowest BCUT2D eigenvalue weighted by Gasteiger charge is -2.26. The van der Waals surface area contributed by atoms with Gasteiger partial charge < -0.3 is 14.2 Å². The first-order valence-electron chi connectivity index (χ1n) is 7.25. The van der Waals surface area contributed by atoms with Crippen LogP contribution in [0.5, 0.6) is 11.5 Å². The summed E-state index contributed by atoms with van der Waals surface area (Å²) in [6, 6.07) is 4.64. The molecule has 1 aliphatic heterocycles. The van der Waals surface area contributed by atoms with Crippen LogP contribution in [0.3, 0.4) is 0 Å². The number of hydrogen-bond acceptors (Lipinski definition) is 5. The Morgan fingerprint density at radius 1 is 1.18 bits per heavy atom. The molecule has 0 bridgehead atoms. The van der Waals surface area contributed by atoms with Crippen LogP contribution < -0.4 is 9.47 Å². The molecule has 22 heavy (non-hydrogen) atoms. The van der Waals surface area contributed by atoms with Crippen LogP contribution in [-0.2, 0) is 14.8 Å². The van der Waals surface area contributed by atoms with E-state index in [0.717, 1.165) is 12.8 Å². The second-order valence-corrected chi connectivity index (χ2v) is 7.40. The summed E-state index contributed by atoms with van der Waals surface area (Å²) >= 11 is 0. The van der Waals surface area contributed by atoms with E-state index in [4.69, 9.17) is 14.2 Å². The number of nitrogens with zero attached hydrogens (tertiary/aromatic N) is 1. The van der Waals surface area contributed by atoms with Crippen LogP contribution in [-0.4, -0.2) is 53.7 Å². The Morgan fingerprint density at radius 2 is 1.82 bits per heavy atom. The van der Waals surface area contributed by atoms with Crippen LogP contribution in [0.15, 0.2) is 23.1 Å². The van der Waals surface area contributed by atoms with Gasteiger partial charge in [0.25, 0.3) is 0 Å². The molecule has 0 unspecified atom stereocenters. The van der Waals surface area contributed by atoms with Crippen LogP contribution in [0.25, 0.3) is 0 Å². The van der Waals surface area contributed by atoms with Gasteiger partial charge in [-0.1, -0.05) is 0 Å². The Labute approximate surface area is 132 Å². The zero-order valence-electron chi connectivity index (χ0n) is 13.2. The van der Waals surface area contributed by atoms with Crippen LogP contribution in [0.2, 0.25) is 0 Å². The molecule has 1 aliphatic rings. The maximum atomic E-state index is 12.7. The molecule has 0 atom stereocenters. The summed E-state index contributed by atoms with van der Waals surface area (Å²) in [7, 11) is 1.08. The first-order valence-corrected chi connectivity index (χ1v) is 8.69. The van der Waals surface area contributed by atoms with Crippen molar-refractivity contribution in [1.82, 2.24) is 4.31 Å². The first kappa shape index (κ1) is 17.1. The summed E-state index contributed by atoms with van der Waals surface area (Å²) in [6.45, 7) is 1.91. The lowest BCUT2D eigenvalue weighted by atomic mass is 10.0. The SMILES string of the molecule is COc1ccc(S(=O)(=O)N(C)CC2CCOCC2)cc1OC. The van der Waals surface area contributed by atoms with Crippen LogP contribution in [0, 0.1) is 5.92 Å². The van der Waals surface area contributed by atoms with Gasteiger partial charge in [-0.15, -0.1) is 0 Å². The number of benzene rings is 1. The molecule has 2 rings (SSSR count). The molecule has 6 nitrogen and oxygen atoms in total. The average Bonchev–Trinajstić information content (AvgIpc) is 2.54. The third kappa shape index (κ3) is 3.71. The van der Waals surface area contributed by atoms with E-state index < -0.39 is 10.0 Å². The van der Waals surface area contributed by atoms with E-state index in [1.807, 2.05) is 0 Å². The molecule has 124 valence electrons. The fourth-order valence-electron chi connectivity index (χ4n) is 2.55. The molecule has 0 N–H and O–H groups in total. The predicted molar refractivity (Wildman–Crippen MR) is 82.9 cm³/mol. The summed E-state index contributed by atoms with van der Waals surface area (Å²) in [4.78, 5) is 0.208. The highest BCUT2D eigenvalue weighted by molar-refractivity contribution is 7.89. The Morgan fingerprint density at radius 3 is 2.41 bits per heavy atom. The van der Waals surface area contributed by atoms with Crippen molar-refractivity contribution in [2.45, 2.75) is 17.7 Å². The number of rotatable bonds is 6. The van der Waals surface area contributed by atoms with Gasteiger partial charge >= 0.3 is 0 Å². The van der Waals surface area contributed by atoms with E-state index >= 15 is 0 Å². The first-order chi connectivity index (χ1) is 10.5. The molecule has 1 heterocycles. The predicted octanol–water partition coefficient (Wildman–Crippen LogP) is 1.75. The van der Waals surface area contributed by atoms with Gasteiger partial charge in [-0.05, 0) is 30.9 Å². The Hall–Kier alpha value is -1.31. The average molecular weight is 329 g/mol. The lowest BCUT2D eigenvalue weighted by molar-refractivity contribution is 0.0620. The minimum Gasteiger partial charge on any atom is -0.493 e. The van der Waals surface area contributed by atoms with E-state index in [2.05, 4.69) is 0 Å². The molecule has 0 saturated carbocycles. The third-order valence-electron chi connectivity index (χ3n) is 3.92. The van der Waals surface area contributed by atoms with E-state index in [1.54, 1.807) is 13.1 Å². The van der Waals surface area contributed by atoms with Crippen molar-refractivity contribution in [3.8, 4) is 11.5 Å². The minimum atomic E-state index is -3.54. The van der Waals surface area contributed by atoms with Crippen molar-refractivity contribution in [3.63, 3.8) is 0 Å². The molecule has 0 aromatic heterocycles. The molecular formula is C15H23NO5S. The Bertz CT molecular complexity index is 596. The highest BCUT2D eigenvalue weighted by atomic mass is 32.2. The van der Waals surface area contributed by atoms with Crippen molar-refractivity contribution >= 4 is 10.0 Å². The zero-order chi connectivity index (χ0) is 16.2. The second-order valence-electron chi connectivity index (χ2n) is 5.36. The smallest absolute Gasteiger partial charge is 0.242 e. The van der Waals surface area contributed by atoms with E-state index in [-0.39, 0.29) is 4.90 Å². The molecule has 7 heteroatoms. The van der Waals surface area contributed by atoms with E-state index in [0.29, 0.717) is 37.2 Å². The highest BCUT2D eigenvalue weighted by Gasteiger charge is 2.26. The summed E-state index contributed by atoms with van der Waals surface area (Å²) in [5.74, 6) is 1.25. The molecule has 1 fully saturated rings. The van der Waals surface area contributed by atoms with Gasteiger partial charge in [0.05, 0.1) is 19.1 Å². The van der Waals surface area contributed by atoms with Crippen molar-refractivity contribution in [2.75, 3.05) is 41.0 Å². The van der Waals surface area contributed by atoms with Crippen LogP contribution >= 0.6 is 0 Å². The monoisotopic (exact) mass is 329 g/mol. The van der Waals surface area contributed by atoms with Gasteiger partial charge in [0.2, 0.25) is 10.0 Å². The van der Waals surface area contributed by atoms with E-state index in [9.17, 15) is 8.42 Å². The van der Waals surface area contributed by atoms with Gasteiger partial charge in [0, 0.05) is 32.9 Å². The van der Waals surface area contributed by atoms with Gasteiger partial charge in [0.1, 0.15) is 0 Å². The van der Waals surface area contributed by atoms with Crippen LogP contribution in [0.1, 0.15) is 12.8 Å².